The lowest BCUT2D eigenvalue weighted by molar-refractivity contribution is 0.0702. The van der Waals surface area contributed by atoms with Gasteiger partial charge in [0, 0.05) is 42.2 Å². The van der Waals surface area contributed by atoms with E-state index in [-0.39, 0.29) is 39.4 Å². The summed E-state index contributed by atoms with van der Waals surface area (Å²) in [4.78, 5) is 33.9. The van der Waals surface area contributed by atoms with Crippen LogP contribution in [0.15, 0.2) is 24.3 Å². The fraction of sp³-hybridized carbons (Fsp3) is 0.286. The fourth-order valence-corrected chi connectivity index (χ4v) is 5.60. The number of nitrogens with one attached hydrogen (secondary N) is 2. The fourth-order valence-electron chi connectivity index (χ4n) is 4.24. The number of piperidine rings is 1. The van der Waals surface area contributed by atoms with Crippen LogP contribution in [0, 0.1) is 24.6 Å². The van der Waals surface area contributed by atoms with Gasteiger partial charge in [-0.3, -0.25) is 4.79 Å². The average molecular weight is 495 g/mol. The number of fused-ring (bicyclic) bond motifs is 1. The van der Waals surface area contributed by atoms with E-state index in [0.29, 0.717) is 40.2 Å². The number of amides is 1. The van der Waals surface area contributed by atoms with Gasteiger partial charge in [0.1, 0.15) is 16.4 Å². The first-order chi connectivity index (χ1) is 15.2. The number of thiazole rings is 1. The first kappa shape index (κ1) is 21.2. The minimum atomic E-state index is -1.07. The second-order valence-corrected chi connectivity index (χ2v) is 9.70. The highest BCUT2D eigenvalue weighted by molar-refractivity contribution is 7.17. The molecule has 11 heteroatoms. The van der Waals surface area contributed by atoms with Crippen molar-refractivity contribution >= 4 is 51.5 Å². The largest absolute Gasteiger partial charge is 0.477 e. The lowest BCUT2D eigenvalue weighted by atomic mass is 10.1. The van der Waals surface area contributed by atoms with Gasteiger partial charge in [-0.2, -0.15) is 0 Å². The topological polar surface area (TPSA) is 98.3 Å². The Kier molecular flexibility index (Phi) is 5.15. The molecule has 2 aliphatic rings. The number of rotatable bonds is 5. The third kappa shape index (κ3) is 3.54. The Balaban J connectivity index is 1.28. The normalized spacial score (nSPS) is 21.5. The third-order valence-corrected chi connectivity index (χ3v) is 8.02. The SMILES string of the molecule is Cc1[nH]c(C(=O)NC2[C@H]3CN(c4nc(-c5ccc(F)cc5)c(C(=O)O)s4)C[C@@H]23)c(Cl)c1Cl. The number of anilines is 1. The molecule has 166 valence electrons. The number of carboxylic acids is 1. The molecule has 1 unspecified atom stereocenters. The molecule has 0 radical (unpaired) electrons. The average Bonchev–Trinajstić information content (AvgIpc) is 3.16. The van der Waals surface area contributed by atoms with E-state index in [2.05, 4.69) is 15.3 Å². The van der Waals surface area contributed by atoms with E-state index in [9.17, 15) is 19.1 Å². The maximum Gasteiger partial charge on any atom is 0.348 e. The number of aromatic carboxylic acids is 1. The number of hydrogen-bond donors (Lipinski definition) is 3. The minimum Gasteiger partial charge on any atom is -0.477 e. The van der Waals surface area contributed by atoms with Crippen molar-refractivity contribution in [3.8, 4) is 11.3 Å². The van der Waals surface area contributed by atoms with Gasteiger partial charge in [0.2, 0.25) is 0 Å². The Morgan fingerprint density at radius 2 is 1.88 bits per heavy atom. The Morgan fingerprint density at radius 1 is 1.22 bits per heavy atom. The number of carboxylic acid groups (broad SMARTS) is 1. The number of benzene rings is 1. The number of halogens is 3. The summed E-state index contributed by atoms with van der Waals surface area (Å²) in [6.45, 7) is 3.06. The molecule has 5 rings (SSSR count). The molecule has 0 bridgehead atoms. The summed E-state index contributed by atoms with van der Waals surface area (Å²) in [7, 11) is 0. The van der Waals surface area contributed by atoms with Crippen molar-refractivity contribution < 1.29 is 19.1 Å². The van der Waals surface area contributed by atoms with Crippen molar-refractivity contribution in [1.29, 1.82) is 0 Å². The molecule has 1 amide bonds. The standard InChI is InChI=1S/C21H17Cl2FN4O3S/c1-8-13(22)14(23)17(25-8)19(29)26-16-11-6-28(7-12(11)16)21-27-15(18(32-21)20(30)31)9-2-4-10(24)5-3-9/h2-5,11-12,16,25H,6-7H2,1H3,(H,26,29)(H,30,31)/t11-,12+,16?. The molecule has 1 aliphatic carbocycles. The molecule has 2 aromatic heterocycles. The van der Waals surface area contributed by atoms with Crippen molar-refractivity contribution in [2.24, 2.45) is 11.8 Å². The maximum atomic E-state index is 13.3. The molecule has 1 aromatic carbocycles. The number of aryl methyl sites for hydroxylation is 1. The number of H-pyrrole nitrogens is 1. The number of hydrogen-bond acceptors (Lipinski definition) is 5. The molecular weight excluding hydrogens is 478 g/mol. The van der Waals surface area contributed by atoms with Crippen molar-refractivity contribution in [1.82, 2.24) is 15.3 Å². The van der Waals surface area contributed by atoms with Gasteiger partial charge in [0.25, 0.3) is 5.91 Å². The van der Waals surface area contributed by atoms with E-state index >= 15 is 0 Å². The van der Waals surface area contributed by atoms with Gasteiger partial charge < -0.3 is 20.3 Å². The van der Waals surface area contributed by atoms with Crippen LogP contribution in [0.4, 0.5) is 9.52 Å². The molecule has 0 spiro atoms. The number of aromatic nitrogens is 2. The van der Waals surface area contributed by atoms with Gasteiger partial charge in [-0.25, -0.2) is 14.2 Å². The summed E-state index contributed by atoms with van der Waals surface area (Å²) in [6, 6.07) is 5.63. The molecule has 3 N–H and O–H groups in total. The van der Waals surface area contributed by atoms with Crippen LogP contribution < -0.4 is 10.2 Å². The van der Waals surface area contributed by atoms with Crippen LogP contribution in [0.3, 0.4) is 0 Å². The maximum absolute atomic E-state index is 13.3. The van der Waals surface area contributed by atoms with Gasteiger partial charge in [0.15, 0.2) is 5.13 Å². The molecular formula is C21H17Cl2FN4O3S. The Bertz CT molecular complexity index is 1230. The highest BCUT2D eigenvalue weighted by atomic mass is 35.5. The van der Waals surface area contributed by atoms with E-state index in [1.165, 1.54) is 24.3 Å². The molecule has 3 heterocycles. The zero-order chi connectivity index (χ0) is 22.7. The molecule has 1 aliphatic heterocycles. The lowest BCUT2D eigenvalue weighted by Gasteiger charge is -2.19. The number of nitrogens with zero attached hydrogens (tertiary/aromatic N) is 2. The van der Waals surface area contributed by atoms with E-state index in [1.54, 1.807) is 6.92 Å². The molecule has 1 saturated carbocycles. The summed E-state index contributed by atoms with van der Waals surface area (Å²) >= 11 is 13.3. The number of carbonyl (C=O) groups is 2. The van der Waals surface area contributed by atoms with Gasteiger partial charge in [0.05, 0.1) is 15.7 Å². The summed E-state index contributed by atoms with van der Waals surface area (Å²) in [5, 5.41) is 13.8. The highest BCUT2D eigenvalue weighted by Gasteiger charge is 2.57. The molecule has 32 heavy (non-hydrogen) atoms. The Morgan fingerprint density at radius 3 is 2.44 bits per heavy atom. The quantitative estimate of drug-likeness (QED) is 0.486. The lowest BCUT2D eigenvalue weighted by Crippen LogP contribution is -2.34. The number of aromatic amines is 1. The Labute approximate surface area is 196 Å². The zero-order valence-corrected chi connectivity index (χ0v) is 19.0. The summed E-state index contributed by atoms with van der Waals surface area (Å²) in [6.07, 6.45) is 0. The third-order valence-electron chi connectivity index (χ3n) is 5.97. The van der Waals surface area contributed by atoms with E-state index in [4.69, 9.17) is 23.2 Å². The Hall–Kier alpha value is -2.62. The predicted molar refractivity (Wildman–Crippen MR) is 120 cm³/mol. The summed E-state index contributed by atoms with van der Waals surface area (Å²) < 4.78 is 13.3. The van der Waals surface area contributed by atoms with Crippen molar-refractivity contribution in [3.05, 3.63) is 56.4 Å². The van der Waals surface area contributed by atoms with E-state index in [1.807, 2.05) is 4.90 Å². The molecule has 3 aromatic rings. The molecule has 7 nitrogen and oxygen atoms in total. The smallest absolute Gasteiger partial charge is 0.348 e. The van der Waals surface area contributed by atoms with Crippen LogP contribution >= 0.6 is 34.5 Å². The van der Waals surface area contributed by atoms with Crippen molar-refractivity contribution in [2.45, 2.75) is 13.0 Å². The van der Waals surface area contributed by atoms with Gasteiger partial charge in [-0.05, 0) is 31.2 Å². The van der Waals surface area contributed by atoms with Gasteiger partial charge in [-0.1, -0.05) is 34.5 Å². The van der Waals surface area contributed by atoms with Crippen LogP contribution in [0.1, 0.15) is 25.9 Å². The van der Waals surface area contributed by atoms with Crippen LogP contribution in [0.5, 0.6) is 0 Å². The molecule has 1 saturated heterocycles. The second-order valence-electron chi connectivity index (χ2n) is 7.97. The van der Waals surface area contributed by atoms with Crippen molar-refractivity contribution in [2.75, 3.05) is 18.0 Å². The van der Waals surface area contributed by atoms with Crippen LogP contribution in [0.25, 0.3) is 11.3 Å². The van der Waals surface area contributed by atoms with Gasteiger partial charge >= 0.3 is 5.97 Å². The van der Waals surface area contributed by atoms with Crippen LogP contribution in [-0.4, -0.2) is 46.1 Å². The monoisotopic (exact) mass is 494 g/mol. The second kappa shape index (κ2) is 7.75. The predicted octanol–water partition coefficient (Wildman–Crippen LogP) is 4.46. The van der Waals surface area contributed by atoms with E-state index in [0.717, 1.165) is 11.3 Å². The molecule has 3 atom stereocenters. The highest BCUT2D eigenvalue weighted by Crippen LogP contribution is 2.48. The zero-order valence-electron chi connectivity index (χ0n) is 16.7. The van der Waals surface area contributed by atoms with Crippen LogP contribution in [0.2, 0.25) is 10.0 Å². The molecule has 2 fully saturated rings. The first-order valence-electron chi connectivity index (χ1n) is 9.84. The van der Waals surface area contributed by atoms with E-state index < -0.39 is 11.8 Å². The number of carbonyl (C=O) groups excluding carboxylic acids is 1. The summed E-state index contributed by atoms with van der Waals surface area (Å²) in [5.74, 6) is -1.27. The van der Waals surface area contributed by atoms with Gasteiger partial charge in [-0.15, -0.1) is 0 Å². The minimum absolute atomic E-state index is 0.0210. The summed E-state index contributed by atoms with van der Waals surface area (Å²) in [5.41, 5.74) is 1.78. The van der Waals surface area contributed by atoms with Crippen LogP contribution in [-0.2, 0) is 0 Å². The first-order valence-corrected chi connectivity index (χ1v) is 11.4. The van der Waals surface area contributed by atoms with Crippen molar-refractivity contribution in [3.63, 3.8) is 0 Å².